The first kappa shape index (κ1) is 14.6. The van der Waals surface area contributed by atoms with E-state index in [0.717, 1.165) is 0 Å². The van der Waals surface area contributed by atoms with Gasteiger partial charge in [0.1, 0.15) is 0 Å². The molecule has 0 saturated heterocycles. The maximum atomic E-state index is 13.3. The minimum atomic E-state index is -6.24. The highest BCUT2D eigenvalue weighted by Gasteiger charge is 2.82. The smallest absolute Gasteiger partial charge is 0.283 e. The first-order valence-electron chi connectivity index (χ1n) is 3.74. The lowest BCUT2D eigenvalue weighted by Crippen LogP contribution is -2.67. The van der Waals surface area contributed by atoms with Gasteiger partial charge in [0, 0.05) is 0 Å². The Kier molecular flexibility index (Phi) is 2.86. The Labute approximate surface area is 96.6 Å². The van der Waals surface area contributed by atoms with E-state index in [1.54, 1.807) is 0 Å². The van der Waals surface area contributed by atoms with Crippen LogP contribution in [0.2, 0.25) is 0 Å². The lowest BCUT2D eigenvalue weighted by atomic mass is 9.94. The summed E-state index contributed by atoms with van der Waals surface area (Å²) in [4.78, 5) is 0. The fourth-order valence-corrected chi connectivity index (χ4v) is 2.02. The molecule has 0 bridgehead atoms. The molecule has 11 heteroatoms. The maximum Gasteiger partial charge on any atom is 0.368 e. The number of alkyl halides is 6. The Morgan fingerprint density at radius 1 is 0.941 bits per heavy atom. The molecule has 2 atom stereocenters. The van der Waals surface area contributed by atoms with E-state index in [2.05, 4.69) is 12.6 Å². The molecule has 100 valence electrons. The zero-order valence-electron chi connectivity index (χ0n) is 7.54. The Balaban J connectivity index is 3.64. The minimum absolute atomic E-state index is 0.499. The number of halogens is 6. The number of thiol groups is 1. The SMILES string of the molecule is O=S(=O)(O)C1(F)C=CC(F)(S)C(F)(F)C1(F)F. The molecule has 17 heavy (non-hydrogen) atoms. The molecule has 1 rings (SSSR count). The van der Waals surface area contributed by atoms with E-state index in [1.165, 1.54) is 0 Å². The molecule has 0 saturated carbocycles. The van der Waals surface area contributed by atoms with Crippen LogP contribution in [0.25, 0.3) is 0 Å². The summed E-state index contributed by atoms with van der Waals surface area (Å²) in [7, 11) is -6.24. The van der Waals surface area contributed by atoms with Crippen LogP contribution in [0.4, 0.5) is 26.3 Å². The van der Waals surface area contributed by atoms with Crippen molar-refractivity contribution in [1.29, 1.82) is 0 Å². The fourth-order valence-electron chi connectivity index (χ4n) is 1.11. The van der Waals surface area contributed by atoms with E-state index >= 15 is 0 Å². The highest BCUT2D eigenvalue weighted by atomic mass is 32.2. The average molecular weight is 302 g/mol. The summed E-state index contributed by atoms with van der Waals surface area (Å²) in [6.07, 6.45) is -1.20. The van der Waals surface area contributed by atoms with Crippen molar-refractivity contribution in [2.24, 2.45) is 0 Å². The topological polar surface area (TPSA) is 54.4 Å². The second kappa shape index (κ2) is 3.32. The molecular weight excluding hydrogens is 298 g/mol. The van der Waals surface area contributed by atoms with Crippen LogP contribution < -0.4 is 0 Å². The largest absolute Gasteiger partial charge is 0.368 e. The Morgan fingerprint density at radius 2 is 1.35 bits per heavy atom. The summed E-state index contributed by atoms with van der Waals surface area (Å²) >= 11 is 2.56. The number of rotatable bonds is 1. The highest BCUT2D eigenvalue weighted by molar-refractivity contribution is 7.87. The quantitative estimate of drug-likeness (QED) is 0.337. The van der Waals surface area contributed by atoms with Gasteiger partial charge < -0.3 is 0 Å². The van der Waals surface area contributed by atoms with Crippen LogP contribution in [0.5, 0.6) is 0 Å². The summed E-state index contributed by atoms with van der Waals surface area (Å²) in [6, 6.07) is 0. The lowest BCUT2D eigenvalue weighted by molar-refractivity contribution is -0.271. The average Bonchev–Trinajstić information content (AvgIpc) is 2.09. The summed E-state index contributed by atoms with van der Waals surface area (Å²) in [5.74, 6) is -11.8. The second-order valence-corrected chi connectivity index (χ2v) is 5.47. The molecule has 1 aliphatic rings. The predicted octanol–water partition coefficient (Wildman–Crippen LogP) is 1.98. The third-order valence-electron chi connectivity index (χ3n) is 2.16. The highest BCUT2D eigenvalue weighted by Crippen LogP contribution is 2.58. The van der Waals surface area contributed by atoms with Crippen molar-refractivity contribution in [2.45, 2.75) is 21.8 Å². The fraction of sp³-hybridized carbons (Fsp3) is 0.667. The van der Waals surface area contributed by atoms with Crippen LogP contribution >= 0.6 is 12.6 Å². The van der Waals surface area contributed by atoms with Gasteiger partial charge in [-0.25, -0.2) is 8.78 Å². The summed E-state index contributed by atoms with van der Waals surface area (Å²) in [6.45, 7) is 0. The summed E-state index contributed by atoms with van der Waals surface area (Å²) < 4.78 is 107. The van der Waals surface area contributed by atoms with E-state index in [-0.39, 0.29) is 0 Å². The molecule has 1 N–H and O–H groups in total. The second-order valence-electron chi connectivity index (χ2n) is 3.28. The zero-order valence-corrected chi connectivity index (χ0v) is 9.25. The van der Waals surface area contributed by atoms with Crippen LogP contribution in [0.15, 0.2) is 12.2 Å². The molecule has 3 nitrogen and oxygen atoms in total. The molecule has 2 unspecified atom stereocenters. The molecule has 0 spiro atoms. The molecular formula is C6H4F6O3S2. The standard InChI is InChI=1S/C6H4F6O3S2/c7-3(16)1-2-4(8,17(13,14)15)6(11,12)5(3,9)10/h1-2,16H,(H,13,14,15). The zero-order chi connectivity index (χ0) is 13.9. The van der Waals surface area contributed by atoms with Gasteiger partial charge in [0.05, 0.1) is 0 Å². The van der Waals surface area contributed by atoms with Gasteiger partial charge in [-0.2, -0.15) is 26.0 Å². The van der Waals surface area contributed by atoms with E-state index in [1.807, 2.05) is 0 Å². The van der Waals surface area contributed by atoms with Crippen molar-refractivity contribution in [3.63, 3.8) is 0 Å². The van der Waals surface area contributed by atoms with Crippen LogP contribution in [0.3, 0.4) is 0 Å². The van der Waals surface area contributed by atoms with Gasteiger partial charge >= 0.3 is 27.0 Å². The molecule has 0 heterocycles. The molecule has 0 aromatic carbocycles. The van der Waals surface area contributed by atoms with Crippen molar-refractivity contribution in [3.05, 3.63) is 12.2 Å². The Bertz CT molecular complexity index is 470. The lowest BCUT2D eigenvalue weighted by Gasteiger charge is -2.41. The van der Waals surface area contributed by atoms with Gasteiger partial charge in [0.2, 0.25) is 5.00 Å². The Morgan fingerprint density at radius 3 is 1.71 bits per heavy atom. The van der Waals surface area contributed by atoms with Crippen LogP contribution in [0, 0.1) is 0 Å². The minimum Gasteiger partial charge on any atom is -0.283 e. The van der Waals surface area contributed by atoms with E-state index in [9.17, 15) is 34.8 Å². The maximum absolute atomic E-state index is 13.3. The van der Waals surface area contributed by atoms with Crippen LogP contribution in [-0.4, -0.2) is 34.8 Å². The number of hydrogen-bond donors (Lipinski definition) is 2. The first-order chi connectivity index (χ1) is 7.21. The van der Waals surface area contributed by atoms with Crippen molar-refractivity contribution in [2.75, 3.05) is 0 Å². The van der Waals surface area contributed by atoms with Crippen LogP contribution in [-0.2, 0) is 10.1 Å². The van der Waals surface area contributed by atoms with Crippen molar-refractivity contribution < 1.29 is 39.3 Å². The predicted molar refractivity (Wildman–Crippen MR) is 47.2 cm³/mol. The third kappa shape index (κ3) is 1.58. The van der Waals surface area contributed by atoms with E-state index < -0.39 is 44.1 Å². The molecule has 0 amide bonds. The van der Waals surface area contributed by atoms with E-state index in [4.69, 9.17) is 4.55 Å². The molecule has 0 radical (unpaired) electrons. The molecule has 0 aromatic rings. The molecule has 0 fully saturated rings. The van der Waals surface area contributed by atoms with Gasteiger partial charge in [-0.3, -0.25) is 4.55 Å². The Hall–Kier alpha value is -0.420. The molecule has 0 aromatic heterocycles. The third-order valence-corrected chi connectivity index (χ3v) is 3.73. The molecule has 0 aliphatic heterocycles. The van der Waals surface area contributed by atoms with Gasteiger partial charge in [-0.05, 0) is 12.2 Å². The van der Waals surface area contributed by atoms with Gasteiger partial charge in [-0.15, -0.1) is 12.6 Å². The monoisotopic (exact) mass is 302 g/mol. The normalized spacial score (nSPS) is 40.2. The van der Waals surface area contributed by atoms with Crippen molar-refractivity contribution >= 4 is 22.7 Å². The van der Waals surface area contributed by atoms with Gasteiger partial charge in [0.25, 0.3) is 0 Å². The van der Waals surface area contributed by atoms with Crippen LogP contribution in [0.1, 0.15) is 0 Å². The van der Waals surface area contributed by atoms with Gasteiger partial charge in [0.15, 0.2) is 0 Å². The van der Waals surface area contributed by atoms with Crippen molar-refractivity contribution in [1.82, 2.24) is 0 Å². The summed E-state index contributed by atoms with van der Waals surface area (Å²) in [5, 5.41) is -9.38. The summed E-state index contributed by atoms with van der Waals surface area (Å²) in [5.41, 5.74) is 0. The first-order valence-corrected chi connectivity index (χ1v) is 5.63. The van der Waals surface area contributed by atoms with Crippen molar-refractivity contribution in [3.8, 4) is 0 Å². The molecule has 1 aliphatic carbocycles. The van der Waals surface area contributed by atoms with Gasteiger partial charge in [-0.1, -0.05) is 0 Å². The number of hydrogen-bond acceptors (Lipinski definition) is 3. The van der Waals surface area contributed by atoms with E-state index in [0.29, 0.717) is 0 Å².